The van der Waals surface area contributed by atoms with Gasteiger partial charge in [-0.05, 0) is 44.4 Å². The summed E-state index contributed by atoms with van der Waals surface area (Å²) in [5, 5.41) is 0. The first-order valence-corrected chi connectivity index (χ1v) is 8.19. The molecule has 0 aliphatic rings. The summed E-state index contributed by atoms with van der Waals surface area (Å²) in [4.78, 5) is 0. The molecule has 0 fully saturated rings. The molecular formula is C19H33FO2. The van der Waals surface area contributed by atoms with Crippen LogP contribution in [0.3, 0.4) is 0 Å². The van der Waals surface area contributed by atoms with E-state index < -0.39 is 6.17 Å². The summed E-state index contributed by atoms with van der Waals surface area (Å²) in [7, 11) is 0. The zero-order valence-corrected chi connectivity index (χ0v) is 15.4. The number of hydrogen-bond donors (Lipinski definition) is 0. The molecule has 0 aliphatic carbocycles. The summed E-state index contributed by atoms with van der Waals surface area (Å²) in [6.07, 6.45) is -1.12. The van der Waals surface area contributed by atoms with Crippen LogP contribution in [0.2, 0.25) is 0 Å². The van der Waals surface area contributed by atoms with E-state index in [1.807, 2.05) is 27.7 Å². The van der Waals surface area contributed by atoms with Gasteiger partial charge in [0.05, 0.1) is 6.10 Å². The molecule has 2 unspecified atom stereocenters. The highest BCUT2D eigenvalue weighted by Crippen LogP contribution is 2.22. The zero-order valence-electron chi connectivity index (χ0n) is 15.4. The average Bonchev–Trinajstić information content (AvgIpc) is 2.37. The second-order valence-corrected chi connectivity index (χ2v) is 6.83. The van der Waals surface area contributed by atoms with Crippen molar-refractivity contribution in [3.05, 3.63) is 29.8 Å². The van der Waals surface area contributed by atoms with E-state index in [1.165, 1.54) is 6.92 Å². The SMILES string of the molecule is CC(C)C.CC(C)OC(Oc1ccc(C(C)F)cc1)C(C)C. The summed E-state index contributed by atoms with van der Waals surface area (Å²) in [5.41, 5.74) is 0.660. The Labute approximate surface area is 136 Å². The van der Waals surface area contributed by atoms with Crippen LogP contribution in [-0.4, -0.2) is 12.4 Å². The first kappa shape index (κ1) is 20.9. The van der Waals surface area contributed by atoms with Gasteiger partial charge in [0.15, 0.2) is 0 Å². The molecule has 128 valence electrons. The Kier molecular flexibility index (Phi) is 10.1. The van der Waals surface area contributed by atoms with Crippen LogP contribution >= 0.6 is 0 Å². The molecule has 1 aromatic rings. The molecule has 0 amide bonds. The quantitative estimate of drug-likeness (QED) is 0.585. The summed E-state index contributed by atoms with van der Waals surface area (Å²) in [6, 6.07) is 7.05. The number of rotatable bonds is 6. The van der Waals surface area contributed by atoms with E-state index in [-0.39, 0.29) is 18.3 Å². The van der Waals surface area contributed by atoms with Gasteiger partial charge in [-0.1, -0.05) is 46.8 Å². The normalized spacial score (nSPS) is 13.8. The van der Waals surface area contributed by atoms with Crippen LogP contribution in [0, 0.1) is 11.8 Å². The van der Waals surface area contributed by atoms with Crippen LogP contribution in [0.4, 0.5) is 4.39 Å². The maximum atomic E-state index is 13.1. The highest BCUT2D eigenvalue weighted by Gasteiger charge is 2.17. The third-order valence-corrected chi connectivity index (χ3v) is 2.54. The van der Waals surface area contributed by atoms with Gasteiger partial charge in [0.25, 0.3) is 0 Å². The van der Waals surface area contributed by atoms with Crippen molar-refractivity contribution >= 4 is 0 Å². The van der Waals surface area contributed by atoms with Crippen molar-refractivity contribution in [3.8, 4) is 5.75 Å². The maximum absolute atomic E-state index is 13.1. The predicted molar refractivity (Wildman–Crippen MR) is 92.0 cm³/mol. The summed E-state index contributed by atoms with van der Waals surface area (Å²) < 4.78 is 24.5. The third kappa shape index (κ3) is 9.78. The van der Waals surface area contributed by atoms with Crippen LogP contribution in [0.15, 0.2) is 24.3 Å². The van der Waals surface area contributed by atoms with Crippen molar-refractivity contribution in [2.24, 2.45) is 11.8 Å². The van der Waals surface area contributed by atoms with Crippen molar-refractivity contribution in [1.29, 1.82) is 0 Å². The molecular weight excluding hydrogens is 279 g/mol. The number of ether oxygens (including phenoxy) is 2. The van der Waals surface area contributed by atoms with Gasteiger partial charge in [0, 0.05) is 5.92 Å². The smallest absolute Gasteiger partial charge is 0.202 e. The first-order valence-electron chi connectivity index (χ1n) is 8.19. The van der Waals surface area contributed by atoms with Gasteiger partial charge in [-0.25, -0.2) is 4.39 Å². The van der Waals surface area contributed by atoms with E-state index in [1.54, 1.807) is 24.3 Å². The Bertz CT molecular complexity index is 380. The molecule has 2 nitrogen and oxygen atoms in total. The Morgan fingerprint density at radius 1 is 0.818 bits per heavy atom. The van der Waals surface area contributed by atoms with E-state index in [9.17, 15) is 4.39 Å². The van der Waals surface area contributed by atoms with Crippen LogP contribution in [-0.2, 0) is 4.74 Å². The molecule has 0 radical (unpaired) electrons. The minimum absolute atomic E-state index is 0.113. The van der Waals surface area contributed by atoms with Crippen molar-refractivity contribution in [2.45, 2.75) is 74.0 Å². The van der Waals surface area contributed by atoms with Crippen LogP contribution in [0.1, 0.15) is 67.1 Å². The molecule has 2 atom stereocenters. The average molecular weight is 312 g/mol. The zero-order chi connectivity index (χ0) is 17.3. The molecule has 0 saturated heterocycles. The van der Waals surface area contributed by atoms with Gasteiger partial charge in [-0.15, -0.1) is 0 Å². The highest BCUT2D eigenvalue weighted by molar-refractivity contribution is 5.28. The lowest BCUT2D eigenvalue weighted by Crippen LogP contribution is -2.29. The molecule has 0 saturated carbocycles. The van der Waals surface area contributed by atoms with E-state index in [0.717, 1.165) is 5.92 Å². The summed E-state index contributed by atoms with van der Waals surface area (Å²) >= 11 is 0. The predicted octanol–water partition coefficient (Wildman–Crippen LogP) is 6.17. The molecule has 3 heteroatoms. The van der Waals surface area contributed by atoms with Gasteiger partial charge < -0.3 is 9.47 Å². The molecule has 0 aliphatic heterocycles. The van der Waals surface area contributed by atoms with Gasteiger partial charge in [-0.3, -0.25) is 0 Å². The molecule has 22 heavy (non-hydrogen) atoms. The van der Waals surface area contributed by atoms with Crippen LogP contribution in [0.5, 0.6) is 5.75 Å². The molecule has 0 N–H and O–H groups in total. The number of hydrogen-bond acceptors (Lipinski definition) is 2. The van der Waals surface area contributed by atoms with E-state index in [2.05, 4.69) is 20.8 Å². The number of alkyl halides is 1. The molecule has 0 bridgehead atoms. The third-order valence-electron chi connectivity index (χ3n) is 2.54. The van der Waals surface area contributed by atoms with Crippen molar-refractivity contribution in [2.75, 3.05) is 0 Å². The van der Waals surface area contributed by atoms with E-state index in [4.69, 9.17) is 9.47 Å². The highest BCUT2D eigenvalue weighted by atomic mass is 19.1. The fraction of sp³-hybridized carbons (Fsp3) is 0.684. The van der Waals surface area contributed by atoms with Crippen molar-refractivity contribution < 1.29 is 13.9 Å². The molecule has 1 rings (SSSR count). The Morgan fingerprint density at radius 2 is 1.27 bits per heavy atom. The first-order chi connectivity index (χ1) is 10.1. The monoisotopic (exact) mass is 312 g/mol. The topological polar surface area (TPSA) is 18.5 Å². The van der Waals surface area contributed by atoms with Gasteiger partial charge in [0.2, 0.25) is 6.29 Å². The second-order valence-electron chi connectivity index (χ2n) is 6.83. The van der Waals surface area contributed by atoms with Gasteiger partial charge in [0.1, 0.15) is 11.9 Å². The second kappa shape index (κ2) is 10.6. The lowest BCUT2D eigenvalue weighted by atomic mass is 10.1. The molecule has 0 spiro atoms. The lowest BCUT2D eigenvalue weighted by Gasteiger charge is -2.24. The number of halogens is 1. The Morgan fingerprint density at radius 3 is 1.59 bits per heavy atom. The largest absolute Gasteiger partial charge is 0.465 e. The fourth-order valence-corrected chi connectivity index (χ4v) is 1.53. The minimum Gasteiger partial charge on any atom is -0.465 e. The van der Waals surface area contributed by atoms with E-state index >= 15 is 0 Å². The van der Waals surface area contributed by atoms with E-state index in [0.29, 0.717) is 11.3 Å². The van der Waals surface area contributed by atoms with Crippen LogP contribution in [0.25, 0.3) is 0 Å². The fourth-order valence-electron chi connectivity index (χ4n) is 1.53. The Balaban J connectivity index is 0.000000980. The summed E-state index contributed by atoms with van der Waals surface area (Å²) in [5.74, 6) is 1.80. The number of benzene rings is 1. The minimum atomic E-state index is -0.952. The molecule has 0 aromatic heterocycles. The Hall–Kier alpha value is -1.09. The maximum Gasteiger partial charge on any atom is 0.202 e. The van der Waals surface area contributed by atoms with Gasteiger partial charge >= 0.3 is 0 Å². The molecule has 1 aromatic carbocycles. The van der Waals surface area contributed by atoms with Crippen molar-refractivity contribution in [1.82, 2.24) is 0 Å². The van der Waals surface area contributed by atoms with Crippen LogP contribution < -0.4 is 4.74 Å². The summed E-state index contributed by atoms with van der Waals surface area (Å²) in [6.45, 7) is 16.1. The standard InChI is InChI=1S/C15H23FO2.C4H10/c1-10(2)15(17-11(3)4)18-14-8-6-13(7-9-14)12(5)16;1-4(2)3/h6-12,15H,1-5H3;4H,1-3H3. The molecule has 0 heterocycles. The lowest BCUT2D eigenvalue weighted by molar-refractivity contribution is -0.132. The van der Waals surface area contributed by atoms with Crippen molar-refractivity contribution in [3.63, 3.8) is 0 Å². The van der Waals surface area contributed by atoms with Gasteiger partial charge in [-0.2, -0.15) is 0 Å².